The van der Waals surface area contributed by atoms with Crippen molar-refractivity contribution in [2.45, 2.75) is 13.0 Å². The van der Waals surface area contributed by atoms with Crippen molar-refractivity contribution >= 4 is 27.6 Å². The molecule has 0 aliphatic heterocycles. The number of hydrogen-bond donors (Lipinski definition) is 2. The first kappa shape index (κ1) is 15.4. The maximum absolute atomic E-state index is 10.9. The van der Waals surface area contributed by atoms with Crippen LogP contribution >= 0.6 is 15.9 Å². The van der Waals surface area contributed by atoms with Gasteiger partial charge in [-0.3, -0.25) is 4.79 Å². The molecule has 110 valence electrons. The number of rotatable bonds is 6. The molecule has 0 radical (unpaired) electrons. The minimum Gasteiger partial charge on any atom is -0.495 e. The number of carbonyl (C=O) groups is 1. The van der Waals surface area contributed by atoms with Crippen molar-refractivity contribution in [3.8, 4) is 5.75 Å². The Morgan fingerprint density at radius 2 is 1.95 bits per heavy atom. The molecule has 0 spiro atoms. The molecule has 0 aromatic heterocycles. The van der Waals surface area contributed by atoms with Crippen LogP contribution in [0, 0.1) is 0 Å². The zero-order chi connectivity index (χ0) is 15.2. The summed E-state index contributed by atoms with van der Waals surface area (Å²) < 4.78 is 6.14. The van der Waals surface area contributed by atoms with E-state index in [1.165, 1.54) is 0 Å². The van der Waals surface area contributed by atoms with Crippen LogP contribution in [0.3, 0.4) is 0 Å². The molecule has 2 rings (SSSR count). The molecule has 0 amide bonds. The van der Waals surface area contributed by atoms with Gasteiger partial charge in [-0.25, -0.2) is 0 Å². The van der Waals surface area contributed by atoms with Crippen LogP contribution in [-0.4, -0.2) is 18.2 Å². The summed E-state index contributed by atoms with van der Waals surface area (Å²) in [7, 11) is 1.62. The molecular formula is C16H16BrNO3. The van der Waals surface area contributed by atoms with Gasteiger partial charge < -0.3 is 15.2 Å². The van der Waals surface area contributed by atoms with Crippen LogP contribution in [0.4, 0.5) is 5.69 Å². The fourth-order valence-corrected chi connectivity index (χ4v) is 2.44. The fraction of sp³-hybridized carbons (Fsp3) is 0.188. The van der Waals surface area contributed by atoms with Crippen LogP contribution in [0.25, 0.3) is 0 Å². The summed E-state index contributed by atoms with van der Waals surface area (Å²) in [5.74, 6) is -0.0772. The first-order valence-corrected chi connectivity index (χ1v) is 7.25. The second kappa shape index (κ2) is 7.13. The molecule has 2 N–H and O–H groups in total. The highest BCUT2D eigenvalue weighted by Crippen LogP contribution is 2.28. The van der Waals surface area contributed by atoms with Crippen molar-refractivity contribution in [1.82, 2.24) is 0 Å². The van der Waals surface area contributed by atoms with E-state index in [0.29, 0.717) is 6.54 Å². The SMILES string of the molecule is COc1cc(NCc2ccccc2CC(=O)O)ccc1Br. The van der Waals surface area contributed by atoms with E-state index in [-0.39, 0.29) is 6.42 Å². The van der Waals surface area contributed by atoms with Crippen molar-refractivity contribution in [2.24, 2.45) is 0 Å². The zero-order valence-electron chi connectivity index (χ0n) is 11.6. The number of carboxylic acids is 1. The summed E-state index contributed by atoms with van der Waals surface area (Å²) in [5.41, 5.74) is 2.71. The molecule has 0 saturated carbocycles. The average molecular weight is 350 g/mol. The molecule has 0 saturated heterocycles. The molecule has 0 fully saturated rings. The second-order valence-corrected chi connectivity index (χ2v) is 5.40. The molecule has 0 aliphatic rings. The lowest BCUT2D eigenvalue weighted by atomic mass is 10.0. The molecule has 21 heavy (non-hydrogen) atoms. The van der Waals surface area contributed by atoms with Gasteiger partial charge >= 0.3 is 5.97 Å². The van der Waals surface area contributed by atoms with Gasteiger partial charge in [-0.15, -0.1) is 0 Å². The van der Waals surface area contributed by atoms with Gasteiger partial charge in [0, 0.05) is 18.3 Å². The first-order valence-electron chi connectivity index (χ1n) is 6.46. The third-order valence-electron chi connectivity index (χ3n) is 3.09. The second-order valence-electron chi connectivity index (χ2n) is 4.54. The standard InChI is InChI=1S/C16H16BrNO3/c1-21-15-9-13(6-7-14(15)17)18-10-12-5-3-2-4-11(12)8-16(19)20/h2-7,9,18H,8,10H2,1H3,(H,19,20). The third kappa shape index (κ3) is 4.23. The number of anilines is 1. The summed E-state index contributed by atoms with van der Waals surface area (Å²) in [6, 6.07) is 13.3. The van der Waals surface area contributed by atoms with Crippen molar-refractivity contribution in [3.63, 3.8) is 0 Å². The van der Waals surface area contributed by atoms with Gasteiger partial charge in [0.05, 0.1) is 18.0 Å². The number of halogens is 1. The summed E-state index contributed by atoms with van der Waals surface area (Å²) in [5, 5.41) is 12.2. The lowest BCUT2D eigenvalue weighted by molar-refractivity contribution is -0.136. The molecule has 5 heteroatoms. The Hall–Kier alpha value is -2.01. The monoisotopic (exact) mass is 349 g/mol. The third-order valence-corrected chi connectivity index (χ3v) is 3.75. The van der Waals surface area contributed by atoms with Crippen LogP contribution in [-0.2, 0) is 17.8 Å². The van der Waals surface area contributed by atoms with Crippen molar-refractivity contribution in [1.29, 1.82) is 0 Å². The molecular weight excluding hydrogens is 334 g/mol. The average Bonchev–Trinajstić information content (AvgIpc) is 2.47. The Balaban J connectivity index is 2.11. The summed E-state index contributed by atoms with van der Waals surface area (Å²) in [6.45, 7) is 0.564. The van der Waals surface area contributed by atoms with Crippen LogP contribution in [0.1, 0.15) is 11.1 Å². The predicted octanol–water partition coefficient (Wildman–Crippen LogP) is 3.70. The van der Waals surface area contributed by atoms with Gasteiger partial charge in [0.1, 0.15) is 5.75 Å². The molecule has 2 aromatic rings. The number of benzene rings is 2. The summed E-state index contributed by atoms with van der Waals surface area (Å²) in [4.78, 5) is 10.9. The lowest BCUT2D eigenvalue weighted by Gasteiger charge is -2.12. The maximum atomic E-state index is 10.9. The molecule has 0 atom stereocenters. The number of ether oxygens (including phenoxy) is 1. The number of nitrogens with one attached hydrogen (secondary N) is 1. The van der Waals surface area contributed by atoms with Crippen LogP contribution < -0.4 is 10.1 Å². The summed E-state index contributed by atoms with van der Waals surface area (Å²) >= 11 is 3.41. The Kier molecular flexibility index (Phi) is 5.22. The smallest absolute Gasteiger partial charge is 0.307 e. The van der Waals surface area contributed by atoms with Gasteiger partial charge in [-0.2, -0.15) is 0 Å². The first-order chi connectivity index (χ1) is 10.1. The highest BCUT2D eigenvalue weighted by molar-refractivity contribution is 9.10. The zero-order valence-corrected chi connectivity index (χ0v) is 13.2. The Morgan fingerprint density at radius 3 is 2.62 bits per heavy atom. The largest absolute Gasteiger partial charge is 0.495 e. The van der Waals surface area contributed by atoms with Crippen molar-refractivity contribution < 1.29 is 14.6 Å². The van der Waals surface area contributed by atoms with Gasteiger partial charge in [-0.05, 0) is 39.2 Å². The highest BCUT2D eigenvalue weighted by Gasteiger charge is 2.07. The Morgan fingerprint density at radius 1 is 1.24 bits per heavy atom. The minimum absolute atomic E-state index is 0.0293. The van der Waals surface area contributed by atoms with Gasteiger partial charge in [0.2, 0.25) is 0 Å². The number of methoxy groups -OCH3 is 1. The summed E-state index contributed by atoms with van der Waals surface area (Å²) in [6.07, 6.45) is 0.0293. The molecule has 2 aromatic carbocycles. The Labute approximate surface area is 131 Å². The highest BCUT2D eigenvalue weighted by atomic mass is 79.9. The molecule has 4 nitrogen and oxygen atoms in total. The van der Waals surface area contributed by atoms with Crippen LogP contribution in [0.2, 0.25) is 0 Å². The normalized spacial score (nSPS) is 10.2. The van der Waals surface area contributed by atoms with Gasteiger partial charge in [0.15, 0.2) is 0 Å². The van der Waals surface area contributed by atoms with E-state index >= 15 is 0 Å². The fourth-order valence-electron chi connectivity index (χ4n) is 2.03. The minimum atomic E-state index is -0.826. The topological polar surface area (TPSA) is 58.6 Å². The van der Waals surface area contributed by atoms with Crippen molar-refractivity contribution in [2.75, 3.05) is 12.4 Å². The predicted molar refractivity (Wildman–Crippen MR) is 85.8 cm³/mol. The molecule has 0 aliphatic carbocycles. The number of aliphatic carboxylic acids is 1. The molecule has 0 bridgehead atoms. The van der Waals surface area contributed by atoms with E-state index in [0.717, 1.165) is 27.0 Å². The Bertz CT molecular complexity index is 643. The van der Waals surface area contributed by atoms with E-state index in [1.54, 1.807) is 7.11 Å². The quantitative estimate of drug-likeness (QED) is 0.834. The van der Waals surface area contributed by atoms with Gasteiger partial charge in [-0.1, -0.05) is 24.3 Å². The molecule has 0 heterocycles. The van der Waals surface area contributed by atoms with E-state index in [1.807, 2.05) is 42.5 Å². The van der Waals surface area contributed by atoms with E-state index < -0.39 is 5.97 Å². The number of carboxylic acid groups (broad SMARTS) is 1. The van der Waals surface area contributed by atoms with E-state index in [9.17, 15) is 4.79 Å². The maximum Gasteiger partial charge on any atom is 0.307 e. The van der Waals surface area contributed by atoms with Crippen LogP contribution in [0.5, 0.6) is 5.75 Å². The van der Waals surface area contributed by atoms with E-state index in [2.05, 4.69) is 21.2 Å². The van der Waals surface area contributed by atoms with Crippen molar-refractivity contribution in [3.05, 3.63) is 58.1 Å². The van der Waals surface area contributed by atoms with Gasteiger partial charge in [0.25, 0.3) is 0 Å². The molecule has 0 unspecified atom stereocenters. The van der Waals surface area contributed by atoms with Crippen LogP contribution in [0.15, 0.2) is 46.9 Å². The van der Waals surface area contributed by atoms with E-state index in [4.69, 9.17) is 9.84 Å². The lowest BCUT2D eigenvalue weighted by Crippen LogP contribution is -2.07. The number of hydrogen-bond acceptors (Lipinski definition) is 3.